The van der Waals surface area contributed by atoms with Gasteiger partial charge < -0.3 is 0 Å². The van der Waals surface area contributed by atoms with Crippen LogP contribution in [0.2, 0.25) is 0 Å². The minimum absolute atomic E-state index is 0.0641. The standard InChI is InChI=1S/C17H17N3O2/c1-2-15(9-8-14-6-4-3-5-7-14)18-19-16-10-12-17(13-11-16)20(21)22/h3-13,19H,2H2,1H3. The first-order chi connectivity index (χ1) is 10.7. The topological polar surface area (TPSA) is 67.5 Å². The Morgan fingerprint density at radius 1 is 1.18 bits per heavy atom. The van der Waals surface area contributed by atoms with Gasteiger partial charge in [-0.3, -0.25) is 15.5 Å². The first-order valence-corrected chi connectivity index (χ1v) is 6.99. The van der Waals surface area contributed by atoms with Crippen molar-refractivity contribution in [3.8, 4) is 0 Å². The van der Waals surface area contributed by atoms with E-state index in [0.29, 0.717) is 5.69 Å². The van der Waals surface area contributed by atoms with Crippen molar-refractivity contribution < 1.29 is 4.92 Å². The highest BCUT2D eigenvalue weighted by atomic mass is 16.6. The lowest BCUT2D eigenvalue weighted by molar-refractivity contribution is -0.384. The van der Waals surface area contributed by atoms with E-state index in [1.807, 2.05) is 49.4 Å². The molecule has 22 heavy (non-hydrogen) atoms. The van der Waals surface area contributed by atoms with Gasteiger partial charge in [-0.05, 0) is 30.2 Å². The van der Waals surface area contributed by atoms with Gasteiger partial charge in [0, 0.05) is 12.1 Å². The van der Waals surface area contributed by atoms with Crippen molar-refractivity contribution in [3.05, 3.63) is 76.4 Å². The summed E-state index contributed by atoms with van der Waals surface area (Å²) in [6, 6.07) is 16.1. The number of benzene rings is 2. The summed E-state index contributed by atoms with van der Waals surface area (Å²) in [5.41, 5.74) is 5.69. The second-order valence-electron chi connectivity index (χ2n) is 4.62. The van der Waals surface area contributed by atoms with Crippen LogP contribution in [-0.2, 0) is 0 Å². The molecule has 0 amide bonds. The Kier molecular flexibility index (Phi) is 5.43. The smallest absolute Gasteiger partial charge is 0.269 e. The third-order valence-corrected chi connectivity index (χ3v) is 3.04. The fourth-order valence-corrected chi connectivity index (χ4v) is 1.78. The molecule has 5 heteroatoms. The zero-order valence-corrected chi connectivity index (χ0v) is 12.3. The summed E-state index contributed by atoms with van der Waals surface area (Å²) in [5.74, 6) is 0. The monoisotopic (exact) mass is 295 g/mol. The summed E-state index contributed by atoms with van der Waals surface area (Å²) < 4.78 is 0. The molecule has 0 bridgehead atoms. The summed E-state index contributed by atoms with van der Waals surface area (Å²) in [5, 5.41) is 14.9. The van der Waals surface area contributed by atoms with Gasteiger partial charge in [0.2, 0.25) is 0 Å². The lowest BCUT2D eigenvalue weighted by Crippen LogP contribution is -1.97. The number of allylic oxidation sites excluding steroid dienone is 1. The molecule has 0 saturated heterocycles. The molecule has 0 fully saturated rings. The van der Waals surface area contributed by atoms with E-state index in [0.717, 1.165) is 17.7 Å². The van der Waals surface area contributed by atoms with Crippen molar-refractivity contribution >= 4 is 23.2 Å². The van der Waals surface area contributed by atoms with Gasteiger partial charge in [-0.15, -0.1) is 0 Å². The van der Waals surface area contributed by atoms with Crippen LogP contribution in [0.4, 0.5) is 11.4 Å². The Morgan fingerprint density at radius 3 is 2.45 bits per heavy atom. The third-order valence-electron chi connectivity index (χ3n) is 3.04. The van der Waals surface area contributed by atoms with E-state index < -0.39 is 4.92 Å². The zero-order valence-electron chi connectivity index (χ0n) is 12.3. The van der Waals surface area contributed by atoms with E-state index >= 15 is 0 Å². The van der Waals surface area contributed by atoms with E-state index in [1.54, 1.807) is 12.1 Å². The quantitative estimate of drug-likeness (QED) is 0.485. The number of anilines is 1. The molecule has 0 aromatic heterocycles. The van der Waals surface area contributed by atoms with Crippen molar-refractivity contribution in [2.24, 2.45) is 5.10 Å². The molecule has 0 saturated carbocycles. The highest BCUT2D eigenvalue weighted by Crippen LogP contribution is 2.15. The van der Waals surface area contributed by atoms with Gasteiger partial charge in [0.15, 0.2) is 0 Å². The largest absolute Gasteiger partial charge is 0.278 e. The van der Waals surface area contributed by atoms with Gasteiger partial charge in [-0.2, -0.15) is 5.10 Å². The lowest BCUT2D eigenvalue weighted by atomic mass is 10.2. The maximum Gasteiger partial charge on any atom is 0.269 e. The number of nitrogens with one attached hydrogen (secondary N) is 1. The molecule has 0 radical (unpaired) electrons. The Morgan fingerprint density at radius 2 is 1.86 bits per heavy atom. The minimum Gasteiger partial charge on any atom is -0.278 e. The molecule has 0 heterocycles. The molecule has 0 aliphatic rings. The number of nitro benzene ring substituents is 1. The van der Waals surface area contributed by atoms with Crippen molar-refractivity contribution in [2.75, 3.05) is 5.43 Å². The molecule has 0 unspecified atom stereocenters. The third kappa shape index (κ3) is 4.56. The van der Waals surface area contributed by atoms with E-state index in [2.05, 4.69) is 10.5 Å². The fourth-order valence-electron chi connectivity index (χ4n) is 1.78. The number of rotatable bonds is 6. The van der Waals surface area contributed by atoms with Crippen molar-refractivity contribution in [3.63, 3.8) is 0 Å². The van der Waals surface area contributed by atoms with Crippen molar-refractivity contribution in [1.29, 1.82) is 0 Å². The van der Waals surface area contributed by atoms with Crippen LogP contribution >= 0.6 is 0 Å². The average Bonchev–Trinajstić information content (AvgIpc) is 2.56. The molecule has 2 aromatic carbocycles. The first-order valence-electron chi connectivity index (χ1n) is 6.99. The maximum atomic E-state index is 10.6. The van der Waals surface area contributed by atoms with Crippen LogP contribution in [0, 0.1) is 10.1 Å². The van der Waals surface area contributed by atoms with Gasteiger partial charge in [0.1, 0.15) is 0 Å². The number of hydrazone groups is 1. The molecule has 2 aromatic rings. The molecule has 1 N–H and O–H groups in total. The van der Waals surface area contributed by atoms with Crippen LogP contribution in [0.1, 0.15) is 18.9 Å². The van der Waals surface area contributed by atoms with E-state index in [9.17, 15) is 10.1 Å². The van der Waals surface area contributed by atoms with Crippen LogP contribution in [0.25, 0.3) is 6.08 Å². The minimum atomic E-state index is -0.423. The first kappa shape index (κ1) is 15.4. The molecule has 0 spiro atoms. The van der Waals surface area contributed by atoms with Crippen molar-refractivity contribution in [2.45, 2.75) is 13.3 Å². The lowest BCUT2D eigenvalue weighted by Gasteiger charge is -2.02. The average molecular weight is 295 g/mol. The van der Waals surface area contributed by atoms with Gasteiger partial charge in [-0.25, -0.2) is 0 Å². The van der Waals surface area contributed by atoms with Crippen molar-refractivity contribution in [1.82, 2.24) is 0 Å². The maximum absolute atomic E-state index is 10.6. The van der Waals surface area contributed by atoms with Crippen LogP contribution in [-0.4, -0.2) is 10.6 Å². The summed E-state index contributed by atoms with van der Waals surface area (Å²) >= 11 is 0. The predicted octanol–water partition coefficient (Wildman–Crippen LogP) is 4.49. The number of nitrogens with zero attached hydrogens (tertiary/aromatic N) is 2. The van der Waals surface area contributed by atoms with E-state index in [4.69, 9.17) is 0 Å². The number of non-ortho nitro benzene ring substituents is 1. The molecular weight excluding hydrogens is 278 g/mol. The van der Waals surface area contributed by atoms with Gasteiger partial charge in [0.25, 0.3) is 5.69 Å². The predicted molar refractivity (Wildman–Crippen MR) is 89.9 cm³/mol. The van der Waals surface area contributed by atoms with Crippen LogP contribution < -0.4 is 5.43 Å². The second kappa shape index (κ2) is 7.73. The summed E-state index contributed by atoms with van der Waals surface area (Å²) in [6.45, 7) is 2.02. The molecule has 2 rings (SSSR count). The van der Waals surface area contributed by atoms with Gasteiger partial charge >= 0.3 is 0 Å². The van der Waals surface area contributed by atoms with Crippen LogP contribution in [0.5, 0.6) is 0 Å². The molecule has 0 aliphatic carbocycles. The highest BCUT2D eigenvalue weighted by Gasteiger charge is 2.03. The normalized spacial score (nSPS) is 11.6. The summed E-state index contributed by atoms with van der Waals surface area (Å²) in [6.07, 6.45) is 4.73. The van der Waals surface area contributed by atoms with E-state index in [-0.39, 0.29) is 5.69 Å². The molecular formula is C17H17N3O2. The van der Waals surface area contributed by atoms with Crippen LogP contribution in [0.3, 0.4) is 0 Å². The fraction of sp³-hybridized carbons (Fsp3) is 0.118. The number of hydrogen-bond acceptors (Lipinski definition) is 4. The number of hydrogen-bond donors (Lipinski definition) is 1. The summed E-state index contributed by atoms with van der Waals surface area (Å²) in [4.78, 5) is 10.2. The SMILES string of the molecule is CCC(C=Cc1ccccc1)=NNc1ccc([N+](=O)[O-])cc1. The summed E-state index contributed by atoms with van der Waals surface area (Å²) in [7, 11) is 0. The van der Waals surface area contributed by atoms with Gasteiger partial charge in [-0.1, -0.05) is 43.3 Å². The molecule has 0 aliphatic heterocycles. The van der Waals surface area contributed by atoms with Gasteiger partial charge in [0.05, 0.1) is 16.3 Å². The van der Waals surface area contributed by atoms with E-state index in [1.165, 1.54) is 12.1 Å². The Bertz CT molecular complexity index is 677. The second-order valence-corrected chi connectivity index (χ2v) is 4.62. The zero-order chi connectivity index (χ0) is 15.8. The molecule has 5 nitrogen and oxygen atoms in total. The Hall–Kier alpha value is -2.95. The molecule has 112 valence electrons. The highest BCUT2D eigenvalue weighted by molar-refractivity contribution is 5.98. The Balaban J connectivity index is 2.03. The van der Waals surface area contributed by atoms with Crippen LogP contribution in [0.15, 0.2) is 65.8 Å². The Labute approximate surface area is 129 Å². The molecule has 0 atom stereocenters. The number of nitro groups is 1.